The van der Waals surface area contributed by atoms with Crippen LogP contribution in [-0.4, -0.2) is 81.6 Å². The van der Waals surface area contributed by atoms with Gasteiger partial charge in [-0.25, -0.2) is 9.55 Å². The molecule has 1 saturated heterocycles. The van der Waals surface area contributed by atoms with E-state index in [2.05, 4.69) is 19.5 Å². The monoisotopic (exact) mass is 528 g/mol. The van der Waals surface area contributed by atoms with E-state index in [1.54, 1.807) is 0 Å². The molecule has 0 spiro atoms. The molecule has 1 fully saturated rings. The summed E-state index contributed by atoms with van der Waals surface area (Å²) in [6.45, 7) is -0.651. The van der Waals surface area contributed by atoms with E-state index in [0.717, 1.165) is 5.56 Å². The number of aliphatic carboxylic acids is 1. The molecule has 2 aromatic heterocycles. The number of aliphatic hydroxyl groups is 2. The van der Waals surface area contributed by atoms with Crippen molar-refractivity contribution in [3.63, 3.8) is 0 Å². The Bertz CT molecular complexity index is 1290. The van der Waals surface area contributed by atoms with E-state index in [9.17, 15) is 24.4 Å². The fourth-order valence-corrected chi connectivity index (χ4v) is 3.69. The third-order valence-electron chi connectivity index (χ3n) is 5.08. The summed E-state index contributed by atoms with van der Waals surface area (Å²) in [7, 11) is -4.76. The number of anilines is 1. The summed E-state index contributed by atoms with van der Waals surface area (Å²) < 4.78 is 21.6. The number of imidazole rings is 1. The summed E-state index contributed by atoms with van der Waals surface area (Å²) in [5, 5.41) is 28.6. The Labute approximate surface area is 202 Å². The van der Waals surface area contributed by atoms with E-state index < -0.39 is 56.5 Å². The number of nitrogen functional groups attached to an aromatic ring is 1. The first-order valence-electron chi connectivity index (χ1n) is 10.3. The molecule has 196 valence electrons. The molecule has 4 rings (SSSR count). The summed E-state index contributed by atoms with van der Waals surface area (Å²) in [5.74, 6) is -1.14. The number of phosphoric acid groups is 1. The lowest BCUT2D eigenvalue weighted by Gasteiger charge is -2.16. The van der Waals surface area contributed by atoms with Crippen LogP contribution < -0.4 is 17.0 Å². The van der Waals surface area contributed by atoms with Gasteiger partial charge in [-0.3, -0.25) is 23.7 Å². The average Bonchev–Trinajstić information content (AvgIpc) is 3.34. The van der Waals surface area contributed by atoms with E-state index in [1.165, 1.54) is 10.9 Å². The number of carboxylic acids is 1. The molecule has 10 N–H and O–H groups in total. The average molecular weight is 528 g/mol. The fourth-order valence-electron chi connectivity index (χ4n) is 3.35. The number of carbonyl (C=O) groups is 1. The zero-order chi connectivity index (χ0) is 26.6. The van der Waals surface area contributed by atoms with Crippen molar-refractivity contribution >= 4 is 30.9 Å². The number of nitrogens with zero attached hydrogens (tertiary/aromatic N) is 3. The molecule has 1 aromatic carbocycles. The van der Waals surface area contributed by atoms with Crippen molar-refractivity contribution in [2.24, 2.45) is 5.73 Å². The van der Waals surface area contributed by atoms with E-state index in [-0.39, 0.29) is 17.1 Å². The fraction of sp³-hybridized carbons (Fsp3) is 0.368. The van der Waals surface area contributed by atoms with Gasteiger partial charge in [-0.2, -0.15) is 4.98 Å². The number of ether oxygens (including phenoxy) is 1. The van der Waals surface area contributed by atoms with Crippen LogP contribution >= 0.6 is 7.82 Å². The van der Waals surface area contributed by atoms with Crippen molar-refractivity contribution in [2.45, 2.75) is 37.0 Å². The number of phosphoric ester groups is 1. The van der Waals surface area contributed by atoms with Crippen LogP contribution in [0, 0.1) is 0 Å². The van der Waals surface area contributed by atoms with Gasteiger partial charge in [0.2, 0.25) is 5.95 Å². The number of hydrogen-bond donors (Lipinski definition) is 8. The predicted molar refractivity (Wildman–Crippen MR) is 122 cm³/mol. The van der Waals surface area contributed by atoms with Crippen LogP contribution in [0.25, 0.3) is 11.2 Å². The Morgan fingerprint density at radius 3 is 2.53 bits per heavy atom. The molecular formula is C19H25N6O10P. The number of nitrogens with one attached hydrogen (secondary N) is 1. The number of rotatable bonds is 7. The Kier molecular flexibility index (Phi) is 8.55. The quantitative estimate of drug-likeness (QED) is 0.155. The highest BCUT2D eigenvalue weighted by molar-refractivity contribution is 7.46. The van der Waals surface area contributed by atoms with Gasteiger partial charge < -0.3 is 41.3 Å². The van der Waals surface area contributed by atoms with Crippen LogP contribution in [0.5, 0.6) is 0 Å². The topological polar surface area (TPSA) is 269 Å². The minimum Gasteiger partial charge on any atom is -0.480 e. The lowest BCUT2D eigenvalue weighted by atomic mass is 10.1. The van der Waals surface area contributed by atoms with Gasteiger partial charge in [0.1, 0.15) is 24.4 Å². The Balaban J connectivity index is 0.000000253. The molecular weight excluding hydrogens is 503 g/mol. The molecule has 3 aromatic rings. The lowest BCUT2D eigenvalue weighted by molar-refractivity contribution is -0.138. The first kappa shape index (κ1) is 27.4. The molecule has 0 bridgehead atoms. The number of carboxylic acid groups (broad SMARTS) is 1. The number of nitrogens with two attached hydrogens (primary N) is 2. The zero-order valence-corrected chi connectivity index (χ0v) is 19.4. The van der Waals surface area contributed by atoms with E-state index in [1.807, 2.05) is 30.3 Å². The second-order valence-corrected chi connectivity index (χ2v) is 8.98. The molecule has 16 nitrogen and oxygen atoms in total. The second kappa shape index (κ2) is 11.2. The molecule has 3 heterocycles. The number of hydrogen-bond acceptors (Lipinski definition) is 11. The van der Waals surface area contributed by atoms with Crippen molar-refractivity contribution in [3.8, 4) is 0 Å². The van der Waals surface area contributed by atoms with Crippen molar-refractivity contribution in [1.82, 2.24) is 19.5 Å². The third kappa shape index (κ3) is 6.71. The van der Waals surface area contributed by atoms with Gasteiger partial charge in [0.25, 0.3) is 5.56 Å². The van der Waals surface area contributed by atoms with Gasteiger partial charge in [0, 0.05) is 0 Å². The van der Waals surface area contributed by atoms with Gasteiger partial charge in [0.15, 0.2) is 17.4 Å². The Morgan fingerprint density at radius 1 is 1.25 bits per heavy atom. The van der Waals surface area contributed by atoms with Crippen LogP contribution in [0.15, 0.2) is 41.5 Å². The first-order chi connectivity index (χ1) is 16.9. The van der Waals surface area contributed by atoms with Gasteiger partial charge in [0.05, 0.1) is 12.9 Å². The number of aromatic nitrogens is 4. The smallest absolute Gasteiger partial charge is 0.469 e. The molecule has 0 radical (unpaired) electrons. The molecule has 0 amide bonds. The summed E-state index contributed by atoms with van der Waals surface area (Å²) in [6, 6.07) is 8.54. The van der Waals surface area contributed by atoms with Crippen LogP contribution in [0.3, 0.4) is 0 Å². The van der Waals surface area contributed by atoms with Crippen LogP contribution in [0.2, 0.25) is 0 Å². The summed E-state index contributed by atoms with van der Waals surface area (Å²) >= 11 is 0. The van der Waals surface area contributed by atoms with Gasteiger partial charge in [-0.15, -0.1) is 0 Å². The molecule has 0 aliphatic carbocycles. The largest absolute Gasteiger partial charge is 0.480 e. The third-order valence-corrected chi connectivity index (χ3v) is 5.57. The molecule has 0 unspecified atom stereocenters. The molecule has 36 heavy (non-hydrogen) atoms. The van der Waals surface area contributed by atoms with Gasteiger partial charge >= 0.3 is 13.8 Å². The molecule has 5 atom stereocenters. The Morgan fingerprint density at radius 2 is 1.92 bits per heavy atom. The molecule has 0 saturated carbocycles. The maximum absolute atomic E-state index is 11.7. The maximum atomic E-state index is 11.7. The predicted octanol–water partition coefficient (Wildman–Crippen LogP) is -1.93. The van der Waals surface area contributed by atoms with E-state index in [4.69, 9.17) is 31.1 Å². The van der Waals surface area contributed by atoms with Crippen molar-refractivity contribution in [1.29, 1.82) is 0 Å². The van der Waals surface area contributed by atoms with E-state index in [0.29, 0.717) is 6.42 Å². The van der Waals surface area contributed by atoms with Crippen molar-refractivity contribution in [2.75, 3.05) is 12.3 Å². The lowest BCUT2D eigenvalue weighted by Crippen LogP contribution is -2.33. The van der Waals surface area contributed by atoms with Gasteiger partial charge in [-0.05, 0) is 12.0 Å². The number of fused-ring (bicyclic) bond motifs is 1. The van der Waals surface area contributed by atoms with Crippen LogP contribution in [-0.2, 0) is 25.0 Å². The highest BCUT2D eigenvalue weighted by atomic mass is 31.2. The van der Waals surface area contributed by atoms with Gasteiger partial charge in [-0.1, -0.05) is 30.3 Å². The normalized spacial score (nSPS) is 22.7. The Hall–Kier alpha value is -3.21. The van der Waals surface area contributed by atoms with Crippen LogP contribution in [0.4, 0.5) is 5.95 Å². The molecule has 1 aliphatic rings. The number of aliphatic hydroxyl groups excluding tert-OH is 2. The summed E-state index contributed by atoms with van der Waals surface area (Å²) in [5.41, 5.74) is 11.1. The van der Waals surface area contributed by atoms with Crippen molar-refractivity contribution < 1.29 is 43.7 Å². The van der Waals surface area contributed by atoms with E-state index >= 15 is 0 Å². The highest BCUT2D eigenvalue weighted by Crippen LogP contribution is 2.38. The standard InChI is InChI=1S/C10H14N5O8P.C9H11NO2/c11-10-13-7-4(8(18)14-10)12-2-15(7)9-6(17)5(16)3(23-9)1-22-24(19,20)21;10-8(9(11)12)6-7-4-2-1-3-5-7/h2-3,5-6,9,16-17H,1H2,(H2,19,20,21)(H3,11,13,14,18);1-5,8H,6,10H2,(H,11,12)/t3-,5-,6-,9-;8-/m10/s1. The first-order valence-corrected chi connectivity index (χ1v) is 11.9. The zero-order valence-electron chi connectivity index (χ0n) is 18.5. The molecule has 1 aliphatic heterocycles. The number of benzene rings is 1. The maximum Gasteiger partial charge on any atom is 0.469 e. The number of aromatic amines is 1. The van der Waals surface area contributed by atoms with Crippen LogP contribution in [0.1, 0.15) is 11.8 Å². The minimum atomic E-state index is -4.76. The summed E-state index contributed by atoms with van der Waals surface area (Å²) in [4.78, 5) is 49.5. The summed E-state index contributed by atoms with van der Waals surface area (Å²) in [6.07, 6.45) is -3.83. The second-order valence-electron chi connectivity index (χ2n) is 7.74. The minimum absolute atomic E-state index is 0.0176. The molecule has 17 heteroatoms. The number of H-pyrrole nitrogens is 1. The highest BCUT2D eigenvalue weighted by Gasteiger charge is 2.45. The van der Waals surface area contributed by atoms with Crippen molar-refractivity contribution in [3.05, 3.63) is 52.6 Å². The SMILES string of the molecule is N[C@@H](Cc1ccccc1)C(=O)O.Nc1nc2c(ncn2[C@@H]2O[C@H](COP(=O)(O)O)[C@@H](O)[C@H]2O)c(=O)[nH]1.